The van der Waals surface area contributed by atoms with Gasteiger partial charge in [-0.15, -0.1) is 0 Å². The van der Waals surface area contributed by atoms with Crippen LogP contribution in [0.5, 0.6) is 5.75 Å². The van der Waals surface area contributed by atoms with Crippen LogP contribution in [-0.4, -0.2) is 100 Å². The van der Waals surface area contributed by atoms with Gasteiger partial charge >= 0.3 is 0 Å². The van der Waals surface area contributed by atoms with Gasteiger partial charge in [0.25, 0.3) is 0 Å². The SMILES string of the molecule is C[C@H]1c2ccc(NC(=S)Nc3ccc(N=Nc4ccc(N(C)C)cc4)cc3)c(O)c2C(=O)C2C(=O)[C@]3(O)C(=O)C(C(N)=O)C(=O)[C@@H](N(C)C)[C@@H]3[C@@H](O)[C@@H]21. The van der Waals surface area contributed by atoms with E-state index in [-0.39, 0.29) is 16.4 Å². The highest BCUT2D eigenvalue weighted by Gasteiger charge is 2.72. The summed E-state index contributed by atoms with van der Waals surface area (Å²) in [6, 6.07) is 16.1. The Morgan fingerprint density at radius 1 is 0.887 bits per heavy atom. The van der Waals surface area contributed by atoms with E-state index in [2.05, 4.69) is 20.9 Å². The number of amides is 1. The van der Waals surface area contributed by atoms with Crippen molar-refractivity contribution in [3.8, 4) is 5.75 Å². The minimum absolute atomic E-state index is 0.0205. The number of nitrogens with zero attached hydrogens (tertiary/aromatic N) is 4. The molecule has 0 saturated heterocycles. The second kappa shape index (κ2) is 13.9. The van der Waals surface area contributed by atoms with Gasteiger partial charge in [0.1, 0.15) is 5.75 Å². The highest BCUT2D eigenvalue weighted by molar-refractivity contribution is 7.80. The number of phenolic OH excluding ortho intramolecular Hbond substituents is 1. The van der Waals surface area contributed by atoms with E-state index in [0.717, 1.165) is 5.69 Å². The van der Waals surface area contributed by atoms with Crippen molar-refractivity contribution < 1.29 is 39.3 Å². The fraction of sp³-hybridized carbons (Fsp3) is 0.351. The van der Waals surface area contributed by atoms with Gasteiger partial charge in [-0.25, -0.2) is 0 Å². The molecule has 2 unspecified atom stereocenters. The second-order valence-corrected chi connectivity index (χ2v) is 14.4. The number of phenols is 1. The fourth-order valence-corrected chi connectivity index (χ4v) is 8.15. The lowest BCUT2D eigenvalue weighted by Crippen LogP contribution is -2.77. The summed E-state index contributed by atoms with van der Waals surface area (Å²) in [4.78, 5) is 70.8. The van der Waals surface area contributed by atoms with E-state index in [1.807, 2.05) is 43.3 Å². The van der Waals surface area contributed by atoms with Gasteiger partial charge in [0.15, 0.2) is 39.8 Å². The fourth-order valence-electron chi connectivity index (χ4n) is 7.92. The number of carbonyl (C=O) groups is 5. The second-order valence-electron chi connectivity index (χ2n) is 14.0. The molecular weight excluding hydrogens is 703 g/mol. The Kier molecular flexibility index (Phi) is 9.76. The number of aromatic hydroxyl groups is 1. The molecule has 6 rings (SSSR count). The van der Waals surface area contributed by atoms with Crippen molar-refractivity contribution in [2.45, 2.75) is 30.6 Å². The lowest BCUT2D eigenvalue weighted by Gasteiger charge is -2.56. The zero-order chi connectivity index (χ0) is 38.7. The Morgan fingerprint density at radius 2 is 1.47 bits per heavy atom. The minimum Gasteiger partial charge on any atom is -0.505 e. The van der Waals surface area contributed by atoms with Crippen molar-refractivity contribution in [2.24, 2.45) is 39.6 Å². The molecule has 3 aliphatic rings. The average molecular weight is 742 g/mol. The molecule has 7 N–H and O–H groups in total. The Hall–Kier alpha value is -5.42. The first-order chi connectivity index (χ1) is 25.0. The Labute approximate surface area is 309 Å². The molecule has 53 heavy (non-hydrogen) atoms. The molecule has 2 fully saturated rings. The standard InChI is InChI=1S/C37H39N7O8S/c1-16-21-14-15-22(40-36(53)39-17-6-8-18(9-7-17)41-42-19-10-12-20(13-11-19)43(2)3)29(45)24(21)30(46)25-23(16)31(47)27-28(44(4)5)32(48)26(35(38)51)34(50)37(27,52)33(25)49/h6-16,23,25-28,31,45,47,52H,1-5H3,(H2,38,51)(H2,39,40,53)/t16-,23+,25?,26?,27+,28-,31-,37-/m0/s1. The van der Waals surface area contributed by atoms with Gasteiger partial charge in [-0.2, -0.15) is 10.2 Å². The summed E-state index contributed by atoms with van der Waals surface area (Å²) >= 11 is 5.46. The van der Waals surface area contributed by atoms with E-state index in [9.17, 15) is 39.3 Å². The van der Waals surface area contributed by atoms with Crippen molar-refractivity contribution >= 4 is 74.8 Å². The van der Waals surface area contributed by atoms with E-state index in [4.69, 9.17) is 18.0 Å². The summed E-state index contributed by atoms with van der Waals surface area (Å²) in [5, 5.41) is 49.4. The minimum atomic E-state index is -3.08. The van der Waals surface area contributed by atoms with Crippen molar-refractivity contribution in [2.75, 3.05) is 43.7 Å². The van der Waals surface area contributed by atoms with Gasteiger partial charge in [0.2, 0.25) is 5.91 Å². The number of rotatable bonds is 7. The first-order valence-corrected chi connectivity index (χ1v) is 17.2. The predicted molar refractivity (Wildman–Crippen MR) is 199 cm³/mol. The van der Waals surface area contributed by atoms with Gasteiger partial charge in [-0.3, -0.25) is 28.9 Å². The predicted octanol–water partition coefficient (Wildman–Crippen LogP) is 2.69. The van der Waals surface area contributed by atoms with Crippen LogP contribution in [0.25, 0.3) is 0 Å². The molecule has 8 atom stereocenters. The van der Waals surface area contributed by atoms with E-state index in [1.165, 1.54) is 25.1 Å². The summed E-state index contributed by atoms with van der Waals surface area (Å²) in [5.74, 6) is -14.1. The third kappa shape index (κ3) is 6.16. The van der Waals surface area contributed by atoms with Gasteiger partial charge in [-0.1, -0.05) is 13.0 Å². The third-order valence-corrected chi connectivity index (χ3v) is 10.7. The number of hydrogen-bond acceptors (Lipinski definition) is 13. The highest BCUT2D eigenvalue weighted by Crippen LogP contribution is 2.55. The van der Waals surface area contributed by atoms with Gasteiger partial charge in [0.05, 0.1) is 46.6 Å². The number of anilines is 3. The Bertz CT molecular complexity index is 2070. The van der Waals surface area contributed by atoms with Crippen LogP contribution in [0.15, 0.2) is 70.9 Å². The number of likely N-dealkylation sites (N-methyl/N-ethyl adjacent to an activating group) is 1. The molecule has 0 aromatic heterocycles. The van der Waals surface area contributed by atoms with Crippen LogP contribution in [0.4, 0.5) is 28.4 Å². The molecule has 0 heterocycles. The van der Waals surface area contributed by atoms with Crippen LogP contribution >= 0.6 is 12.2 Å². The summed E-state index contributed by atoms with van der Waals surface area (Å²) in [7, 11) is 6.77. The molecule has 2 saturated carbocycles. The van der Waals surface area contributed by atoms with Crippen LogP contribution < -0.4 is 21.3 Å². The molecule has 0 radical (unpaired) electrons. The lowest BCUT2D eigenvalue weighted by molar-refractivity contribution is -0.196. The average Bonchev–Trinajstić information content (AvgIpc) is 3.10. The number of ketones is 4. The van der Waals surface area contributed by atoms with Gasteiger partial charge < -0.3 is 36.6 Å². The van der Waals surface area contributed by atoms with Gasteiger partial charge in [0, 0.05) is 31.4 Å². The maximum absolute atomic E-state index is 14.2. The summed E-state index contributed by atoms with van der Waals surface area (Å²) in [5.41, 5.74) is 5.25. The first kappa shape index (κ1) is 37.3. The highest BCUT2D eigenvalue weighted by atomic mass is 32.1. The molecular formula is C37H39N7O8S. The number of primary amides is 1. The number of aliphatic hydroxyl groups is 2. The zero-order valence-electron chi connectivity index (χ0n) is 29.5. The number of azo groups is 1. The van der Waals surface area contributed by atoms with E-state index >= 15 is 0 Å². The largest absolute Gasteiger partial charge is 0.505 e. The molecule has 0 spiro atoms. The molecule has 16 heteroatoms. The summed E-state index contributed by atoms with van der Waals surface area (Å²) in [6.07, 6.45) is -1.72. The van der Waals surface area contributed by atoms with Crippen LogP contribution in [0.3, 0.4) is 0 Å². The van der Waals surface area contributed by atoms with Crippen molar-refractivity contribution in [1.29, 1.82) is 0 Å². The smallest absolute Gasteiger partial charge is 0.235 e. The maximum atomic E-state index is 14.2. The molecule has 3 aliphatic carbocycles. The normalized spacial score (nSPS) is 28.0. The number of carbonyl (C=O) groups excluding carboxylic acids is 5. The van der Waals surface area contributed by atoms with E-state index < -0.39 is 82.1 Å². The number of Topliss-reactive ketones (excluding diaryl/α,β-unsaturated/α-hetero) is 4. The molecule has 276 valence electrons. The monoisotopic (exact) mass is 741 g/mol. The van der Waals surface area contributed by atoms with Crippen molar-refractivity contribution in [3.63, 3.8) is 0 Å². The molecule has 0 aliphatic heterocycles. The quantitative estimate of drug-likeness (QED) is 0.0888. The maximum Gasteiger partial charge on any atom is 0.235 e. The van der Waals surface area contributed by atoms with Crippen LogP contribution in [0, 0.1) is 23.7 Å². The Morgan fingerprint density at radius 3 is 2.02 bits per heavy atom. The van der Waals surface area contributed by atoms with Crippen LogP contribution in [0.1, 0.15) is 28.8 Å². The number of nitrogens with two attached hydrogens (primary N) is 1. The molecule has 1 amide bonds. The molecule has 3 aromatic carbocycles. The van der Waals surface area contributed by atoms with E-state index in [0.29, 0.717) is 22.6 Å². The number of nitrogens with one attached hydrogen (secondary N) is 2. The number of aliphatic hydroxyl groups excluding tert-OH is 1. The molecule has 15 nitrogen and oxygen atoms in total. The zero-order valence-corrected chi connectivity index (χ0v) is 30.3. The number of thiocarbonyl (C=S) groups is 1. The van der Waals surface area contributed by atoms with Crippen molar-refractivity contribution in [3.05, 3.63) is 71.8 Å². The topological polar surface area (TPSA) is 227 Å². The number of benzene rings is 3. The molecule has 0 bridgehead atoms. The van der Waals surface area contributed by atoms with E-state index in [1.54, 1.807) is 37.3 Å². The summed E-state index contributed by atoms with van der Waals surface area (Å²) in [6.45, 7) is 1.63. The van der Waals surface area contributed by atoms with Crippen LogP contribution in [-0.2, 0) is 19.2 Å². The van der Waals surface area contributed by atoms with Crippen molar-refractivity contribution in [1.82, 2.24) is 4.90 Å². The third-order valence-electron chi connectivity index (χ3n) is 10.5. The van der Waals surface area contributed by atoms with Crippen LogP contribution in [0.2, 0.25) is 0 Å². The number of hydrogen-bond donors (Lipinski definition) is 6. The number of fused-ring (bicyclic) bond motifs is 3. The van der Waals surface area contributed by atoms with Gasteiger partial charge in [-0.05, 0) is 92.4 Å². The first-order valence-electron chi connectivity index (χ1n) is 16.7. The molecule has 3 aromatic rings. The Balaban J connectivity index is 1.23. The lowest BCUT2D eigenvalue weighted by atomic mass is 9.49. The summed E-state index contributed by atoms with van der Waals surface area (Å²) < 4.78 is 0.